The molecule has 0 aliphatic carbocycles. The highest BCUT2D eigenvalue weighted by molar-refractivity contribution is 5.89. The first-order valence-electron chi connectivity index (χ1n) is 7.90. The van der Waals surface area contributed by atoms with E-state index in [2.05, 4.69) is 29.2 Å². The van der Waals surface area contributed by atoms with E-state index in [1.807, 2.05) is 20.8 Å². The Kier molecular flexibility index (Phi) is 5.71. The van der Waals surface area contributed by atoms with E-state index in [1.54, 1.807) is 11.7 Å². The summed E-state index contributed by atoms with van der Waals surface area (Å²) in [5.74, 6) is 3.46. The number of benzene rings is 1. The fourth-order valence-electron chi connectivity index (χ4n) is 2.63. The molecule has 0 aliphatic rings. The van der Waals surface area contributed by atoms with E-state index in [4.69, 9.17) is 15.9 Å². The summed E-state index contributed by atoms with van der Waals surface area (Å²) in [6, 6.07) is 6.20. The third-order valence-electron chi connectivity index (χ3n) is 3.91. The van der Waals surface area contributed by atoms with Gasteiger partial charge in [0.05, 0.1) is 13.7 Å². The molecule has 1 heterocycles. The molecule has 0 aliphatic heterocycles. The van der Waals surface area contributed by atoms with Gasteiger partial charge in [-0.2, -0.15) is 5.10 Å². The fraction of sp³-hybridized carbons (Fsp3) is 0.368. The van der Waals surface area contributed by atoms with Crippen molar-refractivity contribution in [1.29, 1.82) is 0 Å². The molecule has 1 aromatic heterocycles. The maximum absolute atomic E-state index is 12.1. The molecule has 0 saturated heterocycles. The average molecular weight is 341 g/mol. The predicted molar refractivity (Wildman–Crippen MR) is 96.8 cm³/mol. The lowest BCUT2D eigenvalue weighted by atomic mass is 10.1. The average Bonchev–Trinajstić information content (AvgIpc) is 2.86. The lowest BCUT2D eigenvalue weighted by Crippen LogP contribution is -2.33. The number of amides is 1. The number of methoxy groups -OCH3 is 1. The molecule has 0 bridgehead atoms. The molecular weight excluding hydrogens is 318 g/mol. The predicted octanol–water partition coefficient (Wildman–Crippen LogP) is 3.13. The Morgan fingerprint density at radius 3 is 2.72 bits per heavy atom. The summed E-state index contributed by atoms with van der Waals surface area (Å²) in [6.45, 7) is 6.33. The van der Waals surface area contributed by atoms with Crippen LogP contribution in [0.15, 0.2) is 18.2 Å². The second-order valence-electron chi connectivity index (χ2n) is 5.84. The van der Waals surface area contributed by atoms with E-state index in [1.165, 1.54) is 12.0 Å². The normalized spacial score (nSPS) is 10.2. The standard InChI is InChI=1S/C19H23N3O3/c1-7-10-22(19(23)24-6)18-17(15(4)20-21(18)5)25-12-16-11-13(2)8-9-14(16)3/h1,8-9,11H,10,12H2,2-6H3. The molecule has 6 heteroatoms. The van der Waals surface area contributed by atoms with Crippen molar-refractivity contribution in [1.82, 2.24) is 9.78 Å². The number of aromatic nitrogens is 2. The van der Waals surface area contributed by atoms with Gasteiger partial charge in [0.15, 0.2) is 11.6 Å². The fourth-order valence-corrected chi connectivity index (χ4v) is 2.63. The van der Waals surface area contributed by atoms with Gasteiger partial charge in [-0.15, -0.1) is 6.42 Å². The summed E-state index contributed by atoms with van der Waals surface area (Å²) < 4.78 is 12.4. The largest absolute Gasteiger partial charge is 0.483 e. The summed E-state index contributed by atoms with van der Waals surface area (Å²) in [6.07, 6.45) is 4.84. The van der Waals surface area contributed by atoms with Crippen molar-refractivity contribution < 1.29 is 14.3 Å². The van der Waals surface area contributed by atoms with Gasteiger partial charge in [0.2, 0.25) is 0 Å². The first kappa shape index (κ1) is 18.4. The molecule has 0 spiro atoms. The van der Waals surface area contributed by atoms with Crippen LogP contribution < -0.4 is 9.64 Å². The van der Waals surface area contributed by atoms with Crippen LogP contribution in [-0.4, -0.2) is 29.5 Å². The quantitative estimate of drug-likeness (QED) is 0.784. The van der Waals surface area contributed by atoms with Gasteiger partial charge >= 0.3 is 6.09 Å². The van der Waals surface area contributed by atoms with Crippen LogP contribution in [0.5, 0.6) is 5.75 Å². The number of aryl methyl sites for hydroxylation is 4. The third-order valence-corrected chi connectivity index (χ3v) is 3.91. The third kappa shape index (κ3) is 3.94. The summed E-state index contributed by atoms with van der Waals surface area (Å²) in [5.41, 5.74) is 4.06. The number of hydrogen-bond acceptors (Lipinski definition) is 4. The number of rotatable bonds is 5. The number of anilines is 1. The van der Waals surface area contributed by atoms with Gasteiger partial charge in [-0.05, 0) is 31.9 Å². The van der Waals surface area contributed by atoms with E-state index in [-0.39, 0.29) is 6.54 Å². The number of ether oxygens (including phenoxy) is 2. The van der Waals surface area contributed by atoms with Crippen molar-refractivity contribution in [3.05, 3.63) is 40.6 Å². The molecule has 6 nitrogen and oxygen atoms in total. The number of carbonyl (C=O) groups excluding carboxylic acids is 1. The second kappa shape index (κ2) is 7.75. The molecule has 2 aromatic rings. The van der Waals surface area contributed by atoms with E-state index >= 15 is 0 Å². The Balaban J connectivity index is 2.36. The molecule has 0 atom stereocenters. The first-order chi connectivity index (χ1) is 11.9. The van der Waals surface area contributed by atoms with Crippen LogP contribution in [0.25, 0.3) is 0 Å². The minimum atomic E-state index is -0.558. The number of nitrogens with zero attached hydrogens (tertiary/aromatic N) is 3. The minimum absolute atomic E-state index is 0.0610. The van der Waals surface area contributed by atoms with Gasteiger partial charge < -0.3 is 9.47 Å². The second-order valence-corrected chi connectivity index (χ2v) is 5.84. The highest BCUT2D eigenvalue weighted by Crippen LogP contribution is 2.32. The molecule has 1 aromatic carbocycles. The number of terminal acetylenes is 1. The van der Waals surface area contributed by atoms with E-state index in [0.29, 0.717) is 23.9 Å². The van der Waals surface area contributed by atoms with Crippen molar-refractivity contribution in [3.63, 3.8) is 0 Å². The van der Waals surface area contributed by atoms with Gasteiger partial charge in [-0.3, -0.25) is 0 Å². The van der Waals surface area contributed by atoms with Crippen LogP contribution in [0.3, 0.4) is 0 Å². The van der Waals surface area contributed by atoms with Crippen molar-refractivity contribution >= 4 is 11.9 Å². The van der Waals surface area contributed by atoms with Crippen molar-refractivity contribution in [2.75, 3.05) is 18.6 Å². The number of carbonyl (C=O) groups is 1. The zero-order valence-corrected chi connectivity index (χ0v) is 15.3. The SMILES string of the molecule is C#CCN(C(=O)OC)c1c(OCc2cc(C)ccc2C)c(C)nn1C. The summed E-state index contributed by atoms with van der Waals surface area (Å²) in [4.78, 5) is 13.4. The molecule has 0 fully saturated rings. The van der Waals surface area contributed by atoms with E-state index < -0.39 is 6.09 Å². The zero-order chi connectivity index (χ0) is 18.6. The Morgan fingerprint density at radius 2 is 2.08 bits per heavy atom. The molecule has 25 heavy (non-hydrogen) atoms. The maximum atomic E-state index is 12.1. The van der Waals surface area contributed by atoms with Crippen LogP contribution in [0.1, 0.15) is 22.4 Å². The van der Waals surface area contributed by atoms with Gasteiger partial charge in [-0.1, -0.05) is 29.7 Å². The molecule has 0 unspecified atom stereocenters. The molecule has 132 valence electrons. The molecule has 0 radical (unpaired) electrons. The van der Waals surface area contributed by atoms with Gasteiger partial charge in [0.25, 0.3) is 0 Å². The van der Waals surface area contributed by atoms with Crippen molar-refractivity contribution in [2.24, 2.45) is 7.05 Å². The first-order valence-corrected chi connectivity index (χ1v) is 7.90. The van der Waals surface area contributed by atoms with Crippen LogP contribution in [0.4, 0.5) is 10.6 Å². The minimum Gasteiger partial charge on any atom is -0.483 e. The van der Waals surface area contributed by atoms with Crippen LogP contribution in [0.2, 0.25) is 0 Å². The Bertz CT molecular complexity index is 818. The van der Waals surface area contributed by atoms with Crippen LogP contribution in [0, 0.1) is 33.1 Å². The van der Waals surface area contributed by atoms with Crippen molar-refractivity contribution in [3.8, 4) is 18.1 Å². The summed E-state index contributed by atoms with van der Waals surface area (Å²) in [7, 11) is 3.05. The number of hydrogen-bond donors (Lipinski definition) is 0. The lowest BCUT2D eigenvalue weighted by molar-refractivity contribution is 0.178. The van der Waals surface area contributed by atoms with Gasteiger partial charge in [0.1, 0.15) is 12.3 Å². The zero-order valence-electron chi connectivity index (χ0n) is 15.3. The Hall–Kier alpha value is -2.94. The molecule has 0 saturated carbocycles. The monoisotopic (exact) mass is 341 g/mol. The lowest BCUT2D eigenvalue weighted by Gasteiger charge is -2.20. The van der Waals surface area contributed by atoms with Crippen LogP contribution >= 0.6 is 0 Å². The Morgan fingerprint density at radius 1 is 1.36 bits per heavy atom. The van der Waals surface area contributed by atoms with E-state index in [9.17, 15) is 4.79 Å². The maximum Gasteiger partial charge on any atom is 0.416 e. The van der Waals surface area contributed by atoms with Crippen LogP contribution in [-0.2, 0) is 18.4 Å². The smallest absolute Gasteiger partial charge is 0.416 e. The molecule has 0 N–H and O–H groups in total. The highest BCUT2D eigenvalue weighted by atomic mass is 16.5. The van der Waals surface area contributed by atoms with E-state index in [0.717, 1.165) is 16.7 Å². The topological polar surface area (TPSA) is 56.6 Å². The molecular formula is C19H23N3O3. The highest BCUT2D eigenvalue weighted by Gasteiger charge is 2.26. The summed E-state index contributed by atoms with van der Waals surface area (Å²) >= 11 is 0. The molecule has 2 rings (SSSR count). The van der Waals surface area contributed by atoms with Crippen molar-refractivity contribution in [2.45, 2.75) is 27.4 Å². The van der Waals surface area contributed by atoms with Gasteiger partial charge in [0, 0.05) is 7.05 Å². The van der Waals surface area contributed by atoms with Gasteiger partial charge in [-0.25, -0.2) is 14.4 Å². The summed E-state index contributed by atoms with van der Waals surface area (Å²) in [5, 5.41) is 4.36. The Labute approximate surface area is 148 Å². The molecule has 1 amide bonds.